The second-order valence-corrected chi connectivity index (χ2v) is 5.80. The van der Waals surface area contributed by atoms with E-state index in [-0.39, 0.29) is 22.4 Å². The van der Waals surface area contributed by atoms with Gasteiger partial charge < -0.3 is 10.2 Å². The molecule has 1 fully saturated rings. The molecular weight excluding hydrogens is 282 g/mol. The van der Waals surface area contributed by atoms with Crippen molar-refractivity contribution >= 4 is 17.3 Å². The fourth-order valence-corrected chi connectivity index (χ4v) is 2.86. The van der Waals surface area contributed by atoms with Crippen molar-refractivity contribution in [2.75, 3.05) is 24.5 Å². The van der Waals surface area contributed by atoms with Gasteiger partial charge >= 0.3 is 0 Å². The van der Waals surface area contributed by atoms with Crippen LogP contribution >= 0.6 is 0 Å². The van der Waals surface area contributed by atoms with Crippen molar-refractivity contribution in [3.05, 3.63) is 33.9 Å². The van der Waals surface area contributed by atoms with Crippen molar-refractivity contribution in [1.82, 2.24) is 5.32 Å². The molecule has 0 bridgehead atoms. The number of aryl methyl sites for hydroxylation is 1. The second-order valence-electron chi connectivity index (χ2n) is 5.80. The van der Waals surface area contributed by atoms with Gasteiger partial charge in [0.1, 0.15) is 0 Å². The zero-order valence-electron chi connectivity index (χ0n) is 13.2. The maximum absolute atomic E-state index is 12.1. The van der Waals surface area contributed by atoms with Gasteiger partial charge in [-0.05, 0) is 38.3 Å². The SMILES string of the molecule is CCCNC(=O)C1CCCN(c2ccc([N+](=O)[O-])c(C)c2)C1. The van der Waals surface area contributed by atoms with Crippen LogP contribution in [0.2, 0.25) is 0 Å². The first kappa shape index (κ1) is 16.3. The van der Waals surface area contributed by atoms with Gasteiger partial charge in [0, 0.05) is 37.0 Å². The van der Waals surface area contributed by atoms with Crippen molar-refractivity contribution in [3.8, 4) is 0 Å². The van der Waals surface area contributed by atoms with E-state index in [1.54, 1.807) is 19.1 Å². The fourth-order valence-electron chi connectivity index (χ4n) is 2.86. The number of piperidine rings is 1. The van der Waals surface area contributed by atoms with E-state index < -0.39 is 0 Å². The van der Waals surface area contributed by atoms with Gasteiger partial charge in [-0.15, -0.1) is 0 Å². The summed E-state index contributed by atoms with van der Waals surface area (Å²) in [6.45, 7) is 6.05. The summed E-state index contributed by atoms with van der Waals surface area (Å²) in [5, 5.41) is 13.8. The summed E-state index contributed by atoms with van der Waals surface area (Å²) < 4.78 is 0. The number of carbonyl (C=O) groups is 1. The van der Waals surface area contributed by atoms with Crippen LogP contribution in [0.25, 0.3) is 0 Å². The fraction of sp³-hybridized carbons (Fsp3) is 0.562. The Hall–Kier alpha value is -2.11. The molecule has 1 heterocycles. The topological polar surface area (TPSA) is 75.5 Å². The molecule has 0 aromatic heterocycles. The number of carbonyl (C=O) groups excluding carboxylic acids is 1. The summed E-state index contributed by atoms with van der Waals surface area (Å²) in [6.07, 6.45) is 2.79. The third kappa shape index (κ3) is 3.75. The van der Waals surface area contributed by atoms with Crippen molar-refractivity contribution in [3.63, 3.8) is 0 Å². The standard InChI is InChI=1S/C16H23N3O3/c1-3-8-17-16(20)13-5-4-9-18(11-13)14-6-7-15(19(21)22)12(2)10-14/h6-7,10,13H,3-5,8-9,11H2,1-2H3,(H,17,20). The van der Waals surface area contributed by atoms with E-state index in [2.05, 4.69) is 10.2 Å². The Morgan fingerprint density at radius 1 is 1.50 bits per heavy atom. The Bertz CT molecular complexity index is 560. The van der Waals surface area contributed by atoms with Crippen molar-refractivity contribution in [2.24, 2.45) is 5.92 Å². The molecule has 1 aromatic rings. The van der Waals surface area contributed by atoms with Crippen LogP contribution < -0.4 is 10.2 Å². The number of benzene rings is 1. The van der Waals surface area contributed by atoms with E-state index in [4.69, 9.17) is 0 Å². The summed E-state index contributed by atoms with van der Waals surface area (Å²) in [6, 6.07) is 5.16. The maximum Gasteiger partial charge on any atom is 0.272 e. The van der Waals surface area contributed by atoms with Gasteiger partial charge in [0.05, 0.1) is 10.8 Å². The molecule has 120 valence electrons. The number of hydrogen-bond donors (Lipinski definition) is 1. The lowest BCUT2D eigenvalue weighted by Crippen LogP contribution is -2.43. The number of rotatable bonds is 5. The number of anilines is 1. The van der Waals surface area contributed by atoms with Crippen molar-refractivity contribution in [1.29, 1.82) is 0 Å². The Labute approximate surface area is 130 Å². The number of nitrogens with zero attached hydrogens (tertiary/aromatic N) is 2. The molecule has 1 unspecified atom stereocenters. The quantitative estimate of drug-likeness (QED) is 0.670. The summed E-state index contributed by atoms with van der Waals surface area (Å²) in [4.78, 5) is 24.8. The predicted octanol–water partition coefficient (Wildman–Crippen LogP) is 2.65. The van der Waals surface area contributed by atoms with Crippen LogP contribution in [0.4, 0.5) is 11.4 Å². The molecule has 0 saturated carbocycles. The first-order chi connectivity index (χ1) is 10.5. The number of hydrogen-bond acceptors (Lipinski definition) is 4. The lowest BCUT2D eigenvalue weighted by Gasteiger charge is -2.33. The Morgan fingerprint density at radius 2 is 2.27 bits per heavy atom. The highest BCUT2D eigenvalue weighted by atomic mass is 16.6. The molecule has 1 saturated heterocycles. The average Bonchev–Trinajstić information content (AvgIpc) is 2.52. The molecule has 1 amide bonds. The van der Waals surface area contributed by atoms with Gasteiger partial charge in [-0.2, -0.15) is 0 Å². The Kier molecular flexibility index (Phi) is 5.35. The summed E-state index contributed by atoms with van der Waals surface area (Å²) >= 11 is 0. The maximum atomic E-state index is 12.1. The monoisotopic (exact) mass is 305 g/mol. The highest BCUT2D eigenvalue weighted by molar-refractivity contribution is 5.79. The normalized spacial score (nSPS) is 18.1. The lowest BCUT2D eigenvalue weighted by atomic mass is 9.96. The molecular formula is C16H23N3O3. The molecule has 1 aliphatic rings. The highest BCUT2D eigenvalue weighted by Crippen LogP contribution is 2.28. The molecule has 6 nitrogen and oxygen atoms in total. The molecule has 1 aromatic carbocycles. The van der Waals surface area contributed by atoms with Crippen LogP contribution in [0.1, 0.15) is 31.7 Å². The van der Waals surface area contributed by atoms with E-state index in [0.29, 0.717) is 18.7 Å². The largest absolute Gasteiger partial charge is 0.371 e. The van der Waals surface area contributed by atoms with E-state index in [9.17, 15) is 14.9 Å². The molecule has 2 rings (SSSR count). The van der Waals surface area contributed by atoms with Crippen LogP contribution in [0.15, 0.2) is 18.2 Å². The molecule has 0 aliphatic carbocycles. The van der Waals surface area contributed by atoms with E-state index in [1.165, 1.54) is 0 Å². The van der Waals surface area contributed by atoms with Gasteiger partial charge in [-0.1, -0.05) is 6.92 Å². The molecule has 0 spiro atoms. The third-order valence-corrected chi connectivity index (χ3v) is 4.08. The first-order valence-corrected chi connectivity index (χ1v) is 7.80. The van der Waals surface area contributed by atoms with Crippen LogP contribution in [0.5, 0.6) is 0 Å². The molecule has 1 atom stereocenters. The number of nitrogens with one attached hydrogen (secondary N) is 1. The van der Waals surface area contributed by atoms with Crippen LogP contribution in [-0.2, 0) is 4.79 Å². The molecule has 22 heavy (non-hydrogen) atoms. The smallest absolute Gasteiger partial charge is 0.272 e. The third-order valence-electron chi connectivity index (χ3n) is 4.08. The number of nitro groups is 1. The van der Waals surface area contributed by atoms with Gasteiger partial charge in [0.25, 0.3) is 5.69 Å². The highest BCUT2D eigenvalue weighted by Gasteiger charge is 2.26. The average molecular weight is 305 g/mol. The Morgan fingerprint density at radius 3 is 2.91 bits per heavy atom. The molecule has 1 aliphatic heterocycles. The predicted molar refractivity (Wildman–Crippen MR) is 86.1 cm³/mol. The van der Waals surface area contributed by atoms with Crippen LogP contribution in [0, 0.1) is 23.0 Å². The summed E-state index contributed by atoms with van der Waals surface area (Å²) in [7, 11) is 0. The van der Waals surface area contributed by atoms with Crippen LogP contribution in [0.3, 0.4) is 0 Å². The van der Waals surface area contributed by atoms with E-state index in [0.717, 1.165) is 31.5 Å². The number of nitro benzene ring substituents is 1. The first-order valence-electron chi connectivity index (χ1n) is 7.80. The van der Waals surface area contributed by atoms with Crippen LogP contribution in [-0.4, -0.2) is 30.5 Å². The van der Waals surface area contributed by atoms with Gasteiger partial charge in [0.2, 0.25) is 5.91 Å². The van der Waals surface area contributed by atoms with Gasteiger partial charge in [-0.25, -0.2) is 0 Å². The zero-order valence-corrected chi connectivity index (χ0v) is 13.2. The molecule has 0 radical (unpaired) electrons. The van der Waals surface area contributed by atoms with Crippen molar-refractivity contribution in [2.45, 2.75) is 33.1 Å². The van der Waals surface area contributed by atoms with E-state index in [1.807, 2.05) is 13.0 Å². The van der Waals surface area contributed by atoms with Crippen molar-refractivity contribution < 1.29 is 9.72 Å². The summed E-state index contributed by atoms with van der Waals surface area (Å²) in [5.74, 6) is 0.112. The van der Waals surface area contributed by atoms with Gasteiger partial charge in [-0.3, -0.25) is 14.9 Å². The summed E-state index contributed by atoms with van der Waals surface area (Å²) in [5.41, 5.74) is 1.74. The second kappa shape index (κ2) is 7.24. The number of amides is 1. The minimum atomic E-state index is -0.365. The van der Waals surface area contributed by atoms with Gasteiger partial charge in [0.15, 0.2) is 0 Å². The minimum Gasteiger partial charge on any atom is -0.371 e. The Balaban J connectivity index is 2.07. The molecule has 1 N–H and O–H groups in total. The van der Waals surface area contributed by atoms with E-state index >= 15 is 0 Å². The molecule has 6 heteroatoms. The lowest BCUT2D eigenvalue weighted by molar-refractivity contribution is -0.385. The zero-order chi connectivity index (χ0) is 16.1. The minimum absolute atomic E-state index is 0.00389.